The van der Waals surface area contributed by atoms with E-state index in [-0.39, 0.29) is 12.0 Å². The average Bonchev–Trinajstić information content (AvgIpc) is 2.24. The molecule has 14 heavy (non-hydrogen) atoms. The third-order valence-electron chi connectivity index (χ3n) is 3.11. The molecule has 3 nitrogen and oxygen atoms in total. The number of hydrogen-bond donors (Lipinski definition) is 1. The van der Waals surface area contributed by atoms with Gasteiger partial charge in [0.25, 0.3) is 0 Å². The van der Waals surface area contributed by atoms with Gasteiger partial charge in [-0.2, -0.15) is 0 Å². The molecule has 4 heteroatoms. The van der Waals surface area contributed by atoms with Crippen LogP contribution in [0.1, 0.15) is 27.7 Å². The monoisotopic (exact) mass is 219 g/mol. The van der Waals surface area contributed by atoms with Crippen LogP contribution >= 0.6 is 0 Å². The van der Waals surface area contributed by atoms with Gasteiger partial charge in [0.15, 0.2) is 9.84 Å². The van der Waals surface area contributed by atoms with E-state index in [9.17, 15) is 8.42 Å². The van der Waals surface area contributed by atoms with Crippen molar-refractivity contribution in [3.05, 3.63) is 0 Å². The maximum atomic E-state index is 11.4. The van der Waals surface area contributed by atoms with Crippen molar-refractivity contribution in [2.24, 2.45) is 11.8 Å². The minimum Gasteiger partial charge on any atom is -0.310 e. The second-order valence-electron chi connectivity index (χ2n) is 4.86. The first-order valence-electron chi connectivity index (χ1n) is 5.28. The summed E-state index contributed by atoms with van der Waals surface area (Å²) in [7, 11) is -2.78. The Hall–Kier alpha value is -0.0900. The van der Waals surface area contributed by atoms with Crippen LogP contribution in [0, 0.1) is 11.8 Å². The lowest BCUT2D eigenvalue weighted by molar-refractivity contribution is 0.348. The fourth-order valence-electron chi connectivity index (χ4n) is 1.77. The summed E-state index contributed by atoms with van der Waals surface area (Å²) in [5.41, 5.74) is 0. The zero-order chi connectivity index (χ0) is 10.9. The molecule has 3 atom stereocenters. The molecule has 1 saturated heterocycles. The predicted octanol–water partition coefficient (Wildman–Crippen LogP) is 1.05. The lowest BCUT2D eigenvalue weighted by atomic mass is 10.0. The fraction of sp³-hybridized carbons (Fsp3) is 1.00. The Labute approximate surface area is 87.2 Å². The summed E-state index contributed by atoms with van der Waals surface area (Å²) in [6.07, 6.45) is 0. The Morgan fingerprint density at radius 1 is 1.21 bits per heavy atom. The molecular formula is C10H21NO2S. The van der Waals surface area contributed by atoms with Gasteiger partial charge in [0.1, 0.15) is 0 Å². The van der Waals surface area contributed by atoms with E-state index >= 15 is 0 Å². The first-order chi connectivity index (χ1) is 6.32. The largest absolute Gasteiger partial charge is 0.310 e. The normalized spacial score (nSPS) is 33.5. The Morgan fingerprint density at radius 3 is 2.14 bits per heavy atom. The topological polar surface area (TPSA) is 46.2 Å². The molecule has 0 aliphatic carbocycles. The van der Waals surface area contributed by atoms with Crippen molar-refractivity contribution in [2.45, 2.75) is 39.8 Å². The maximum Gasteiger partial charge on any atom is 0.152 e. The minimum atomic E-state index is -2.78. The van der Waals surface area contributed by atoms with Gasteiger partial charge in [-0.15, -0.1) is 0 Å². The van der Waals surface area contributed by atoms with Crippen LogP contribution in [0.4, 0.5) is 0 Å². The summed E-state index contributed by atoms with van der Waals surface area (Å²) in [5.74, 6) is 1.45. The van der Waals surface area contributed by atoms with Crippen molar-refractivity contribution < 1.29 is 8.42 Å². The van der Waals surface area contributed by atoms with Crippen LogP contribution in [-0.4, -0.2) is 32.0 Å². The Bertz CT molecular complexity index is 284. The predicted molar refractivity (Wildman–Crippen MR) is 59.0 cm³/mol. The van der Waals surface area contributed by atoms with Crippen LogP contribution < -0.4 is 5.32 Å². The van der Waals surface area contributed by atoms with Crippen molar-refractivity contribution in [3.63, 3.8) is 0 Å². The van der Waals surface area contributed by atoms with Crippen LogP contribution in [0.3, 0.4) is 0 Å². The van der Waals surface area contributed by atoms with Crippen LogP contribution in [0.25, 0.3) is 0 Å². The second kappa shape index (κ2) is 4.19. The van der Waals surface area contributed by atoms with Gasteiger partial charge >= 0.3 is 0 Å². The first kappa shape index (κ1) is 12.0. The summed E-state index contributed by atoms with van der Waals surface area (Å²) < 4.78 is 22.7. The molecule has 0 radical (unpaired) electrons. The number of rotatable bonds is 3. The van der Waals surface area contributed by atoms with Gasteiger partial charge in [0.05, 0.1) is 11.5 Å². The zero-order valence-corrected chi connectivity index (χ0v) is 10.3. The molecule has 1 aliphatic rings. The molecule has 1 heterocycles. The molecule has 0 spiro atoms. The lowest BCUT2D eigenvalue weighted by Crippen LogP contribution is -2.42. The Morgan fingerprint density at radius 2 is 1.79 bits per heavy atom. The zero-order valence-electron chi connectivity index (χ0n) is 9.45. The van der Waals surface area contributed by atoms with Crippen molar-refractivity contribution in [2.75, 3.05) is 11.5 Å². The average molecular weight is 219 g/mol. The van der Waals surface area contributed by atoms with Gasteiger partial charge in [0, 0.05) is 12.1 Å². The lowest BCUT2D eigenvalue weighted by Gasteiger charge is -2.24. The first-order valence-corrected chi connectivity index (χ1v) is 7.10. The molecule has 0 aromatic heterocycles. The quantitative estimate of drug-likeness (QED) is 0.772. The molecule has 1 rings (SSSR count). The van der Waals surface area contributed by atoms with Crippen molar-refractivity contribution >= 4 is 9.84 Å². The van der Waals surface area contributed by atoms with E-state index in [1.165, 1.54) is 0 Å². The number of hydrogen-bond acceptors (Lipinski definition) is 3. The molecule has 0 saturated carbocycles. The van der Waals surface area contributed by atoms with Crippen molar-refractivity contribution in [3.8, 4) is 0 Å². The summed E-state index contributed by atoms with van der Waals surface area (Å²) in [6.45, 7) is 8.41. The van der Waals surface area contributed by atoms with Gasteiger partial charge in [-0.3, -0.25) is 0 Å². The van der Waals surface area contributed by atoms with Gasteiger partial charge in [0.2, 0.25) is 0 Å². The van der Waals surface area contributed by atoms with Gasteiger partial charge in [-0.1, -0.05) is 20.8 Å². The third-order valence-corrected chi connectivity index (χ3v) is 5.01. The molecule has 1 unspecified atom stereocenters. The molecule has 0 amide bonds. The molecule has 84 valence electrons. The fourth-order valence-corrected chi connectivity index (χ4v) is 3.91. The number of nitrogens with one attached hydrogen (secondary N) is 1. The van der Waals surface area contributed by atoms with Gasteiger partial charge in [-0.05, 0) is 18.8 Å². The molecule has 0 aromatic rings. The summed E-state index contributed by atoms with van der Waals surface area (Å²) in [5, 5.41) is 3.40. The second-order valence-corrected chi connectivity index (χ2v) is 7.01. The highest BCUT2D eigenvalue weighted by molar-refractivity contribution is 7.91. The number of sulfone groups is 1. The molecule has 0 aromatic carbocycles. The highest BCUT2D eigenvalue weighted by Crippen LogP contribution is 2.19. The minimum absolute atomic E-state index is 0.150. The van der Waals surface area contributed by atoms with Crippen LogP contribution in [0.15, 0.2) is 0 Å². The molecule has 0 bridgehead atoms. The van der Waals surface area contributed by atoms with E-state index in [4.69, 9.17) is 0 Å². The summed E-state index contributed by atoms with van der Waals surface area (Å²) >= 11 is 0. The Kier molecular flexibility index (Phi) is 3.58. The molecule has 1 aliphatic heterocycles. The standard InChI is InChI=1S/C10H21NO2S/c1-7(2)9(4)11-10-6-14(12,13)5-8(10)3/h7-11H,5-6H2,1-4H3/t8-,9?,10+/m0/s1. The molecule has 1 N–H and O–H groups in total. The van der Waals surface area contributed by atoms with E-state index in [0.717, 1.165) is 0 Å². The highest BCUT2D eigenvalue weighted by Gasteiger charge is 2.35. The van der Waals surface area contributed by atoms with Gasteiger partial charge < -0.3 is 5.32 Å². The smallest absolute Gasteiger partial charge is 0.152 e. The van der Waals surface area contributed by atoms with Crippen LogP contribution in [0.5, 0.6) is 0 Å². The molecular weight excluding hydrogens is 198 g/mol. The highest BCUT2D eigenvalue weighted by atomic mass is 32.2. The van der Waals surface area contributed by atoms with Crippen LogP contribution in [0.2, 0.25) is 0 Å². The van der Waals surface area contributed by atoms with Crippen LogP contribution in [-0.2, 0) is 9.84 Å². The Balaban J connectivity index is 2.55. The van der Waals surface area contributed by atoms with Gasteiger partial charge in [-0.25, -0.2) is 8.42 Å². The van der Waals surface area contributed by atoms with Crippen molar-refractivity contribution in [1.82, 2.24) is 5.32 Å². The SMILES string of the molecule is CC(C)C(C)N[C@@H]1CS(=O)(=O)C[C@@H]1C. The van der Waals surface area contributed by atoms with E-state index in [2.05, 4.69) is 26.1 Å². The van der Waals surface area contributed by atoms with E-state index in [0.29, 0.717) is 23.5 Å². The third kappa shape index (κ3) is 2.95. The summed E-state index contributed by atoms with van der Waals surface area (Å²) in [6, 6.07) is 0.535. The van der Waals surface area contributed by atoms with E-state index in [1.54, 1.807) is 0 Å². The van der Waals surface area contributed by atoms with Crippen molar-refractivity contribution in [1.29, 1.82) is 0 Å². The maximum absolute atomic E-state index is 11.4. The summed E-state index contributed by atoms with van der Waals surface area (Å²) in [4.78, 5) is 0. The molecule has 1 fully saturated rings. The van der Waals surface area contributed by atoms with E-state index < -0.39 is 9.84 Å². The van der Waals surface area contributed by atoms with E-state index in [1.807, 2.05) is 6.92 Å².